The van der Waals surface area contributed by atoms with Crippen molar-refractivity contribution in [2.75, 3.05) is 20.1 Å². The van der Waals surface area contributed by atoms with Gasteiger partial charge >= 0.3 is 0 Å². The van der Waals surface area contributed by atoms with Gasteiger partial charge in [-0.05, 0) is 5.92 Å². The Kier molecular flexibility index (Phi) is 2.78. The summed E-state index contributed by atoms with van der Waals surface area (Å²) in [5, 5.41) is 0. The normalized spacial score (nSPS) is 43.3. The molecule has 0 N–H and O–H groups in total. The van der Waals surface area contributed by atoms with E-state index >= 15 is 0 Å². The predicted octanol–water partition coefficient (Wildman–Crippen LogP) is 0.635. The van der Waals surface area contributed by atoms with Crippen LogP contribution >= 0.6 is 0 Å². The first kappa shape index (κ1) is 9.99. The van der Waals surface area contributed by atoms with Gasteiger partial charge in [-0.3, -0.25) is 0 Å². The molecule has 3 nitrogen and oxygen atoms in total. The van der Waals surface area contributed by atoms with E-state index in [1.807, 2.05) is 7.05 Å². The zero-order chi connectivity index (χ0) is 9.35. The van der Waals surface area contributed by atoms with E-state index in [0.717, 1.165) is 19.5 Å². The average Bonchev–Trinajstić information content (AvgIpc) is 1.97. The molecule has 1 heterocycles. The summed E-state index contributed by atoms with van der Waals surface area (Å²) >= 11 is 0. The summed E-state index contributed by atoms with van der Waals surface area (Å²) in [5.74, 6) is 1.20. The Morgan fingerprint density at radius 1 is 1.25 bits per heavy atom. The summed E-state index contributed by atoms with van der Waals surface area (Å²) < 4.78 is 22.1. The molecule has 1 unspecified atom stereocenters. The predicted molar refractivity (Wildman–Crippen MR) is 49.2 cm³/mol. The van der Waals surface area contributed by atoms with Crippen LogP contribution in [0.2, 0.25) is 0 Å². The number of hydrogen-bond acceptors (Lipinski definition) is 2. The van der Waals surface area contributed by atoms with Crippen LogP contribution in [0.3, 0.4) is 0 Å². The molecule has 0 amide bonds. The molecule has 1 fully saturated rings. The van der Waals surface area contributed by atoms with Crippen molar-refractivity contribution in [3.8, 4) is 0 Å². The van der Waals surface area contributed by atoms with Gasteiger partial charge in [0.15, 0.2) is 0 Å². The van der Waals surface area contributed by atoms with Gasteiger partial charge in [0.25, 0.3) is 10.9 Å². The zero-order valence-electron chi connectivity index (χ0n) is 7.99. The first-order valence-electron chi connectivity index (χ1n) is 4.45. The molecule has 0 spiro atoms. The molecule has 1 saturated heterocycles. The van der Waals surface area contributed by atoms with Gasteiger partial charge < -0.3 is 0 Å². The molecule has 1 aliphatic heterocycles. The van der Waals surface area contributed by atoms with E-state index in [4.69, 9.17) is 0 Å². The minimum absolute atomic E-state index is 0.237. The van der Waals surface area contributed by atoms with E-state index in [9.17, 15) is 8.42 Å². The second-order valence-corrected chi connectivity index (χ2v) is 5.67. The Balaban J connectivity index is 2.73. The second-order valence-electron chi connectivity index (χ2n) is 4.23. The van der Waals surface area contributed by atoms with Crippen LogP contribution in [0, 0.1) is 11.8 Å². The Bertz CT molecular complexity index is 231. The van der Waals surface area contributed by atoms with Crippen molar-refractivity contribution in [2.24, 2.45) is 11.8 Å². The van der Waals surface area contributed by atoms with Crippen LogP contribution in [-0.2, 0) is 10.9 Å². The van der Waals surface area contributed by atoms with Gasteiger partial charge in [-0.25, -0.2) is 3.89 Å². The molecule has 72 valence electrons. The molecule has 0 aromatic rings. The Morgan fingerprint density at radius 3 is 2.25 bits per heavy atom. The van der Waals surface area contributed by atoms with Crippen LogP contribution in [0.15, 0.2) is 0 Å². The highest BCUT2D eigenvalue weighted by molar-refractivity contribution is 7.66. The van der Waals surface area contributed by atoms with E-state index in [1.165, 1.54) is 0 Å². The van der Waals surface area contributed by atoms with Crippen LogP contribution in [0.4, 0.5) is 0 Å². The molecular weight excluding hydrogens is 174 g/mol. The van der Waals surface area contributed by atoms with Gasteiger partial charge in [-0.15, -0.1) is 0 Å². The maximum absolute atomic E-state index is 10.9. The summed E-state index contributed by atoms with van der Waals surface area (Å²) in [7, 11) is -0.495. The molecule has 0 saturated carbocycles. The number of piperidine rings is 1. The molecule has 4 heteroatoms. The third-order valence-electron chi connectivity index (χ3n) is 3.11. The van der Waals surface area contributed by atoms with Gasteiger partial charge in [-0.2, -0.15) is 8.42 Å². The topological polar surface area (TPSA) is 34.1 Å². The van der Waals surface area contributed by atoms with Gasteiger partial charge in [-0.1, -0.05) is 13.8 Å². The Morgan fingerprint density at radius 2 is 1.83 bits per heavy atom. The van der Waals surface area contributed by atoms with Crippen molar-refractivity contribution in [1.29, 1.82) is 0 Å². The number of nitrogens with zero attached hydrogens (tertiary/aromatic N) is 1. The summed E-state index contributed by atoms with van der Waals surface area (Å²) in [6, 6.07) is 0. The van der Waals surface area contributed by atoms with Crippen LogP contribution in [-0.4, -0.2) is 32.4 Å². The largest absolute Gasteiger partial charge is 0.286 e. The lowest BCUT2D eigenvalue weighted by molar-refractivity contribution is -0.792. The highest BCUT2D eigenvalue weighted by Crippen LogP contribution is 2.26. The van der Waals surface area contributed by atoms with Crippen molar-refractivity contribution in [3.05, 3.63) is 0 Å². The van der Waals surface area contributed by atoms with Gasteiger partial charge in [0.05, 0.1) is 20.1 Å². The van der Waals surface area contributed by atoms with Gasteiger partial charge in [0.2, 0.25) is 0 Å². The third kappa shape index (κ3) is 1.80. The number of hydrogen-bond donors (Lipinski definition) is 1. The smallest absolute Gasteiger partial charge is 0.223 e. The maximum atomic E-state index is 10.9. The van der Waals surface area contributed by atoms with Crippen LogP contribution in [0.1, 0.15) is 20.3 Å². The van der Waals surface area contributed by atoms with E-state index in [2.05, 4.69) is 13.8 Å². The lowest BCUT2D eigenvalue weighted by Gasteiger charge is -2.37. The number of thiol groups is 1. The van der Waals surface area contributed by atoms with Crippen molar-refractivity contribution in [1.82, 2.24) is 0 Å². The molecule has 1 rings (SSSR count). The van der Waals surface area contributed by atoms with Crippen LogP contribution < -0.4 is 0 Å². The highest BCUT2D eigenvalue weighted by Gasteiger charge is 2.35. The summed E-state index contributed by atoms with van der Waals surface area (Å²) in [4.78, 5) is 0. The fraction of sp³-hybridized carbons (Fsp3) is 1.00. The fourth-order valence-electron chi connectivity index (χ4n) is 1.81. The van der Waals surface area contributed by atoms with E-state index in [-0.39, 0.29) is 3.89 Å². The van der Waals surface area contributed by atoms with Crippen LogP contribution in [0.25, 0.3) is 0 Å². The first-order chi connectivity index (χ1) is 5.46. The average molecular weight is 192 g/mol. The molecule has 3 atom stereocenters. The molecule has 0 bridgehead atoms. The van der Waals surface area contributed by atoms with Crippen molar-refractivity contribution in [2.45, 2.75) is 20.3 Å². The van der Waals surface area contributed by atoms with E-state index in [0.29, 0.717) is 11.8 Å². The SMILES string of the molecule is CC1C[N@+](C)([SH](=O)=O)CC[C@H]1C. The number of quaternary nitrogens is 1. The number of likely N-dealkylation sites (tertiary alicyclic amines) is 1. The Hall–Kier alpha value is -0.0900. The van der Waals surface area contributed by atoms with Crippen molar-refractivity contribution in [3.63, 3.8) is 0 Å². The Labute approximate surface area is 76.1 Å². The lowest BCUT2D eigenvalue weighted by atomic mass is 9.89. The van der Waals surface area contributed by atoms with Gasteiger partial charge in [0.1, 0.15) is 0 Å². The molecule has 0 aromatic heterocycles. The maximum Gasteiger partial charge on any atom is 0.286 e. The fourth-order valence-corrected chi connectivity index (χ4v) is 2.48. The molecule has 12 heavy (non-hydrogen) atoms. The van der Waals surface area contributed by atoms with Gasteiger partial charge in [0, 0.05) is 12.3 Å². The molecule has 0 aliphatic carbocycles. The monoisotopic (exact) mass is 192 g/mol. The third-order valence-corrected chi connectivity index (χ3v) is 4.26. The summed E-state index contributed by atoms with van der Waals surface area (Å²) in [5.41, 5.74) is 0. The van der Waals surface area contributed by atoms with E-state index in [1.54, 1.807) is 0 Å². The highest BCUT2D eigenvalue weighted by atomic mass is 32.2. The first-order valence-corrected chi connectivity index (χ1v) is 5.58. The second kappa shape index (κ2) is 3.34. The number of rotatable bonds is 1. The minimum atomic E-state index is -2.31. The standard InChI is InChI=1S/C8H18NO2S/c1-7-4-5-9(3,12(10)11)6-8(7)2/h7-8,12H,4-6H2,1-3H3/q+1/t7-,8?,9-/m1/s1. The minimum Gasteiger partial charge on any atom is -0.223 e. The van der Waals surface area contributed by atoms with Crippen molar-refractivity contribution >= 4 is 10.9 Å². The summed E-state index contributed by atoms with van der Waals surface area (Å²) in [6.45, 7) is 5.90. The van der Waals surface area contributed by atoms with E-state index < -0.39 is 10.9 Å². The summed E-state index contributed by atoms with van der Waals surface area (Å²) in [6.07, 6.45) is 1.03. The molecule has 0 aromatic carbocycles. The zero-order valence-corrected chi connectivity index (χ0v) is 8.88. The molecule has 1 aliphatic rings. The lowest BCUT2D eigenvalue weighted by Crippen LogP contribution is -2.51. The quantitative estimate of drug-likeness (QED) is 0.488. The molecular formula is C8H18NO2S+. The van der Waals surface area contributed by atoms with Crippen LogP contribution in [0.5, 0.6) is 0 Å². The van der Waals surface area contributed by atoms with Crippen molar-refractivity contribution < 1.29 is 12.3 Å². The molecule has 0 radical (unpaired) electrons.